The minimum atomic E-state index is -0.716. The molecule has 1 amide bonds. The molecule has 0 fully saturated rings. The van der Waals surface area contributed by atoms with Crippen LogP contribution in [0.2, 0.25) is 0 Å². The molecule has 0 aliphatic rings. The van der Waals surface area contributed by atoms with Gasteiger partial charge in [0.2, 0.25) is 0 Å². The Bertz CT molecular complexity index is 574. The predicted octanol–water partition coefficient (Wildman–Crippen LogP) is 2.34. The largest absolute Gasteiger partial charge is 0.483 e. The van der Waals surface area contributed by atoms with Crippen LogP contribution in [0, 0.1) is 5.92 Å². The summed E-state index contributed by atoms with van der Waals surface area (Å²) in [5.41, 5.74) is 0.332. The summed E-state index contributed by atoms with van der Waals surface area (Å²) < 4.78 is 10.8. The second-order valence-corrected chi connectivity index (χ2v) is 6.28. The summed E-state index contributed by atoms with van der Waals surface area (Å²) in [6.07, 6.45) is 1.12. The Labute approximate surface area is 143 Å². The van der Waals surface area contributed by atoms with Gasteiger partial charge >= 0.3 is 5.97 Å². The van der Waals surface area contributed by atoms with Crippen LogP contribution in [0.25, 0.3) is 0 Å². The van der Waals surface area contributed by atoms with Gasteiger partial charge in [-0.25, -0.2) is 4.79 Å². The lowest BCUT2D eigenvalue weighted by Crippen LogP contribution is -2.44. The number of ether oxygens (including phenoxy) is 2. The lowest BCUT2D eigenvalue weighted by Gasteiger charge is -2.18. The van der Waals surface area contributed by atoms with Crippen LogP contribution in [-0.2, 0) is 14.3 Å². The quantitative estimate of drug-likeness (QED) is 0.548. The predicted molar refractivity (Wildman–Crippen MR) is 88.4 cm³/mol. The summed E-state index contributed by atoms with van der Waals surface area (Å²) in [6, 6.07) is 4.17. The van der Waals surface area contributed by atoms with Crippen LogP contribution in [0.15, 0.2) is 22.7 Å². The number of hydrogen-bond acceptors (Lipinski definition) is 5. The van der Waals surface area contributed by atoms with Crippen LogP contribution in [0.5, 0.6) is 5.75 Å². The molecule has 1 N–H and O–H groups in total. The molecule has 1 aromatic rings. The fourth-order valence-electron chi connectivity index (χ4n) is 1.95. The zero-order valence-corrected chi connectivity index (χ0v) is 14.9. The molecule has 0 saturated carbocycles. The maximum atomic E-state index is 12.0. The van der Waals surface area contributed by atoms with E-state index in [0.29, 0.717) is 24.0 Å². The third kappa shape index (κ3) is 6.40. The summed E-state index contributed by atoms with van der Waals surface area (Å²) in [5.74, 6) is -0.435. The topological polar surface area (TPSA) is 81.7 Å². The first-order valence-electron chi connectivity index (χ1n) is 7.12. The summed E-state index contributed by atoms with van der Waals surface area (Å²) in [6.45, 7) is 3.58. The van der Waals surface area contributed by atoms with Crippen molar-refractivity contribution in [2.24, 2.45) is 5.92 Å². The van der Waals surface area contributed by atoms with Crippen molar-refractivity contribution in [2.45, 2.75) is 26.3 Å². The maximum Gasteiger partial charge on any atom is 0.328 e. The molecule has 0 spiro atoms. The van der Waals surface area contributed by atoms with Gasteiger partial charge < -0.3 is 14.8 Å². The Morgan fingerprint density at radius 3 is 2.61 bits per heavy atom. The number of methoxy groups -OCH3 is 1. The summed E-state index contributed by atoms with van der Waals surface area (Å²) in [5, 5.41) is 2.58. The van der Waals surface area contributed by atoms with Crippen LogP contribution in [0.1, 0.15) is 30.6 Å². The van der Waals surface area contributed by atoms with E-state index >= 15 is 0 Å². The first-order valence-corrected chi connectivity index (χ1v) is 7.91. The number of esters is 1. The Morgan fingerprint density at radius 2 is 2.04 bits per heavy atom. The van der Waals surface area contributed by atoms with E-state index in [0.717, 1.165) is 4.47 Å². The molecule has 0 aliphatic carbocycles. The van der Waals surface area contributed by atoms with Crippen LogP contribution in [-0.4, -0.2) is 37.9 Å². The number of carbonyl (C=O) groups is 3. The normalized spacial score (nSPS) is 11.7. The highest BCUT2D eigenvalue weighted by Crippen LogP contribution is 2.21. The van der Waals surface area contributed by atoms with Gasteiger partial charge in [0.05, 0.1) is 12.7 Å². The van der Waals surface area contributed by atoms with E-state index in [-0.39, 0.29) is 12.5 Å². The lowest BCUT2D eigenvalue weighted by molar-refractivity contribution is -0.145. The number of halogens is 1. The zero-order valence-electron chi connectivity index (χ0n) is 13.3. The van der Waals surface area contributed by atoms with Crippen molar-refractivity contribution >= 4 is 34.1 Å². The first-order chi connectivity index (χ1) is 10.9. The zero-order chi connectivity index (χ0) is 17.4. The van der Waals surface area contributed by atoms with E-state index < -0.39 is 17.9 Å². The lowest BCUT2D eigenvalue weighted by atomic mass is 10.0. The van der Waals surface area contributed by atoms with E-state index in [1.807, 2.05) is 13.8 Å². The van der Waals surface area contributed by atoms with E-state index in [1.165, 1.54) is 7.11 Å². The Balaban J connectivity index is 2.65. The average molecular weight is 386 g/mol. The molecule has 0 bridgehead atoms. The van der Waals surface area contributed by atoms with Crippen LogP contribution >= 0.6 is 15.9 Å². The third-order valence-electron chi connectivity index (χ3n) is 2.99. The van der Waals surface area contributed by atoms with Crippen molar-refractivity contribution in [3.63, 3.8) is 0 Å². The summed E-state index contributed by atoms with van der Waals surface area (Å²) in [7, 11) is 1.27. The molecule has 0 aliphatic heterocycles. The number of carbonyl (C=O) groups excluding carboxylic acids is 3. The van der Waals surface area contributed by atoms with Gasteiger partial charge in [-0.1, -0.05) is 29.8 Å². The molecule has 6 nitrogen and oxygen atoms in total. The van der Waals surface area contributed by atoms with Crippen molar-refractivity contribution in [3.8, 4) is 5.75 Å². The van der Waals surface area contributed by atoms with Crippen molar-refractivity contribution < 1.29 is 23.9 Å². The summed E-state index contributed by atoms with van der Waals surface area (Å²) in [4.78, 5) is 34.6. The van der Waals surface area contributed by atoms with Crippen molar-refractivity contribution in [3.05, 3.63) is 28.2 Å². The van der Waals surface area contributed by atoms with Gasteiger partial charge in [0.15, 0.2) is 12.9 Å². The van der Waals surface area contributed by atoms with Gasteiger partial charge in [-0.05, 0) is 30.5 Å². The highest BCUT2D eigenvalue weighted by Gasteiger charge is 2.22. The van der Waals surface area contributed by atoms with E-state index in [2.05, 4.69) is 26.0 Å². The van der Waals surface area contributed by atoms with E-state index in [9.17, 15) is 14.4 Å². The molecule has 0 aromatic heterocycles. The van der Waals surface area contributed by atoms with Crippen LogP contribution in [0.3, 0.4) is 0 Å². The van der Waals surface area contributed by atoms with E-state index in [4.69, 9.17) is 4.74 Å². The second kappa shape index (κ2) is 9.29. The molecule has 7 heteroatoms. The molecule has 0 heterocycles. The highest BCUT2D eigenvalue weighted by atomic mass is 79.9. The molecule has 0 unspecified atom stereocenters. The molecule has 1 aromatic carbocycles. The maximum absolute atomic E-state index is 12.0. The van der Waals surface area contributed by atoms with Gasteiger partial charge in [-0.2, -0.15) is 0 Å². The standard InChI is InChI=1S/C16H20BrNO5/c1-10(2)6-13(16(21)22-3)18-15(20)9-23-14-5-4-12(17)7-11(14)8-19/h4-5,7-8,10,13H,6,9H2,1-3H3,(H,18,20)/t13-/m0/s1. The van der Waals surface area contributed by atoms with Gasteiger partial charge in [-0.15, -0.1) is 0 Å². The monoisotopic (exact) mass is 385 g/mol. The fourth-order valence-corrected chi connectivity index (χ4v) is 2.33. The summed E-state index contributed by atoms with van der Waals surface area (Å²) >= 11 is 3.25. The average Bonchev–Trinajstić information content (AvgIpc) is 2.51. The molecule has 126 valence electrons. The molecule has 0 saturated heterocycles. The minimum absolute atomic E-state index is 0.216. The van der Waals surface area contributed by atoms with Crippen LogP contribution in [0.4, 0.5) is 0 Å². The SMILES string of the molecule is COC(=O)[C@H](CC(C)C)NC(=O)COc1ccc(Br)cc1C=O. The molecule has 1 rings (SSSR count). The third-order valence-corrected chi connectivity index (χ3v) is 3.48. The van der Waals surface area contributed by atoms with Gasteiger partial charge in [0.1, 0.15) is 11.8 Å². The molecule has 1 atom stereocenters. The number of hydrogen-bond donors (Lipinski definition) is 1. The van der Waals surface area contributed by atoms with Crippen molar-refractivity contribution in [1.29, 1.82) is 0 Å². The minimum Gasteiger partial charge on any atom is -0.483 e. The molecular weight excluding hydrogens is 366 g/mol. The number of rotatable bonds is 8. The number of amides is 1. The molecule has 23 heavy (non-hydrogen) atoms. The van der Waals surface area contributed by atoms with Crippen LogP contribution < -0.4 is 10.1 Å². The van der Waals surface area contributed by atoms with Crippen molar-refractivity contribution in [1.82, 2.24) is 5.32 Å². The van der Waals surface area contributed by atoms with E-state index in [1.54, 1.807) is 18.2 Å². The van der Waals surface area contributed by atoms with Gasteiger partial charge in [0.25, 0.3) is 5.91 Å². The van der Waals surface area contributed by atoms with Gasteiger partial charge in [0, 0.05) is 4.47 Å². The number of benzene rings is 1. The number of aldehydes is 1. The number of nitrogens with one attached hydrogen (secondary N) is 1. The fraction of sp³-hybridized carbons (Fsp3) is 0.438. The van der Waals surface area contributed by atoms with Crippen molar-refractivity contribution in [2.75, 3.05) is 13.7 Å². The molecule has 0 radical (unpaired) electrons. The molecular formula is C16H20BrNO5. The Morgan fingerprint density at radius 1 is 1.35 bits per heavy atom. The Kier molecular flexibility index (Phi) is 7.74. The van der Waals surface area contributed by atoms with Gasteiger partial charge in [-0.3, -0.25) is 9.59 Å². The second-order valence-electron chi connectivity index (χ2n) is 5.36. The Hall–Kier alpha value is -1.89. The first kappa shape index (κ1) is 19.2. The highest BCUT2D eigenvalue weighted by molar-refractivity contribution is 9.10. The smallest absolute Gasteiger partial charge is 0.328 e.